The van der Waals surface area contributed by atoms with Crippen molar-refractivity contribution in [2.45, 2.75) is 63.8 Å². The van der Waals surface area contributed by atoms with Crippen molar-refractivity contribution >= 4 is 5.91 Å². The van der Waals surface area contributed by atoms with Crippen molar-refractivity contribution < 1.29 is 4.79 Å². The Kier molecular flexibility index (Phi) is 4.11. The van der Waals surface area contributed by atoms with Gasteiger partial charge in [-0.05, 0) is 69.2 Å². The standard InChI is InChI=1S/C16H28N2O/c17-7-1-4-16(19)18-8-2-3-15(18)11-14-10-12-5-6-13(14)9-12/h12-15H,1-11,17H2. The molecule has 3 fully saturated rings. The number of nitrogens with two attached hydrogens (primary N) is 1. The van der Waals surface area contributed by atoms with Crippen molar-refractivity contribution in [3.05, 3.63) is 0 Å². The van der Waals surface area contributed by atoms with Gasteiger partial charge >= 0.3 is 0 Å². The maximum atomic E-state index is 12.2. The van der Waals surface area contributed by atoms with E-state index >= 15 is 0 Å². The summed E-state index contributed by atoms with van der Waals surface area (Å²) in [5.41, 5.74) is 5.51. The molecule has 4 unspecified atom stereocenters. The number of hydrogen-bond acceptors (Lipinski definition) is 2. The lowest BCUT2D eigenvalue weighted by Crippen LogP contribution is -2.37. The molecule has 1 saturated heterocycles. The molecule has 2 aliphatic carbocycles. The second-order valence-corrected chi connectivity index (χ2v) is 6.95. The van der Waals surface area contributed by atoms with E-state index in [9.17, 15) is 4.79 Å². The fourth-order valence-electron chi connectivity index (χ4n) is 4.82. The highest BCUT2D eigenvalue weighted by Gasteiger charge is 2.41. The Morgan fingerprint density at radius 2 is 2.11 bits per heavy atom. The van der Waals surface area contributed by atoms with Crippen molar-refractivity contribution in [3.8, 4) is 0 Å². The second-order valence-electron chi connectivity index (χ2n) is 6.95. The molecule has 0 aromatic rings. The Labute approximate surface area is 116 Å². The first-order chi connectivity index (χ1) is 9.28. The van der Waals surface area contributed by atoms with Gasteiger partial charge in [0.2, 0.25) is 5.91 Å². The van der Waals surface area contributed by atoms with Gasteiger partial charge in [-0.2, -0.15) is 0 Å². The van der Waals surface area contributed by atoms with E-state index in [1.807, 2.05) is 0 Å². The molecule has 1 aliphatic heterocycles. The summed E-state index contributed by atoms with van der Waals surface area (Å²) < 4.78 is 0. The van der Waals surface area contributed by atoms with Crippen LogP contribution in [0.2, 0.25) is 0 Å². The molecule has 3 rings (SSSR count). The van der Waals surface area contributed by atoms with Crippen molar-refractivity contribution in [1.29, 1.82) is 0 Å². The molecule has 0 aromatic heterocycles. The number of rotatable bonds is 5. The summed E-state index contributed by atoms with van der Waals surface area (Å²) >= 11 is 0. The first-order valence-electron chi connectivity index (χ1n) is 8.27. The van der Waals surface area contributed by atoms with Gasteiger partial charge in [0.05, 0.1) is 0 Å². The third kappa shape index (κ3) is 2.81. The van der Waals surface area contributed by atoms with E-state index in [0.717, 1.165) is 30.7 Å². The molecule has 2 bridgehead atoms. The average Bonchev–Trinajstić information content (AvgIpc) is 3.11. The lowest BCUT2D eigenvalue weighted by Gasteiger charge is -2.30. The molecule has 4 atom stereocenters. The number of carbonyl (C=O) groups is 1. The fraction of sp³-hybridized carbons (Fsp3) is 0.938. The highest BCUT2D eigenvalue weighted by molar-refractivity contribution is 5.76. The van der Waals surface area contributed by atoms with Crippen LogP contribution >= 0.6 is 0 Å². The Morgan fingerprint density at radius 1 is 1.21 bits per heavy atom. The Bertz CT molecular complexity index is 331. The monoisotopic (exact) mass is 264 g/mol. The predicted octanol–water partition coefficient (Wildman–Crippen LogP) is 2.54. The van der Waals surface area contributed by atoms with Crippen LogP contribution in [0.4, 0.5) is 0 Å². The lowest BCUT2D eigenvalue weighted by molar-refractivity contribution is -0.132. The highest BCUT2D eigenvalue weighted by atomic mass is 16.2. The molecule has 0 aromatic carbocycles. The maximum absolute atomic E-state index is 12.2. The Morgan fingerprint density at radius 3 is 2.79 bits per heavy atom. The Balaban J connectivity index is 1.53. The number of nitrogens with zero attached hydrogens (tertiary/aromatic N) is 1. The number of carbonyl (C=O) groups excluding carboxylic acids is 1. The van der Waals surface area contributed by atoms with Crippen LogP contribution in [0.25, 0.3) is 0 Å². The molecule has 108 valence electrons. The topological polar surface area (TPSA) is 46.3 Å². The van der Waals surface area contributed by atoms with Gasteiger partial charge in [-0.1, -0.05) is 6.42 Å². The lowest BCUT2D eigenvalue weighted by atomic mass is 9.83. The van der Waals surface area contributed by atoms with Crippen LogP contribution in [-0.4, -0.2) is 29.9 Å². The molecule has 1 heterocycles. The molecule has 19 heavy (non-hydrogen) atoms. The van der Waals surface area contributed by atoms with E-state index in [0.29, 0.717) is 24.9 Å². The quantitative estimate of drug-likeness (QED) is 0.829. The van der Waals surface area contributed by atoms with Crippen LogP contribution in [-0.2, 0) is 4.79 Å². The summed E-state index contributed by atoms with van der Waals surface area (Å²) in [6.07, 6.45) is 11.1. The largest absolute Gasteiger partial charge is 0.340 e. The number of hydrogen-bond donors (Lipinski definition) is 1. The van der Waals surface area contributed by atoms with E-state index in [4.69, 9.17) is 5.73 Å². The summed E-state index contributed by atoms with van der Waals surface area (Å²) in [5, 5.41) is 0. The minimum Gasteiger partial charge on any atom is -0.340 e. The molecule has 3 aliphatic rings. The van der Waals surface area contributed by atoms with Crippen molar-refractivity contribution in [3.63, 3.8) is 0 Å². The zero-order valence-corrected chi connectivity index (χ0v) is 12.0. The molecule has 0 radical (unpaired) electrons. The third-order valence-corrected chi connectivity index (χ3v) is 5.75. The van der Waals surface area contributed by atoms with Crippen LogP contribution in [0.15, 0.2) is 0 Å². The summed E-state index contributed by atoms with van der Waals surface area (Å²) in [4.78, 5) is 14.4. The van der Waals surface area contributed by atoms with Gasteiger partial charge in [-0.25, -0.2) is 0 Å². The Hall–Kier alpha value is -0.570. The van der Waals surface area contributed by atoms with E-state index < -0.39 is 0 Å². The predicted molar refractivity (Wildman–Crippen MR) is 76.6 cm³/mol. The molecule has 2 saturated carbocycles. The minimum atomic E-state index is 0.358. The van der Waals surface area contributed by atoms with Crippen molar-refractivity contribution in [2.24, 2.45) is 23.5 Å². The SMILES string of the molecule is NCCCC(=O)N1CCCC1CC1CC2CCC1C2. The summed E-state index contributed by atoms with van der Waals surface area (Å²) in [6.45, 7) is 1.63. The van der Waals surface area contributed by atoms with E-state index in [1.165, 1.54) is 44.9 Å². The van der Waals surface area contributed by atoms with Gasteiger partial charge in [-0.15, -0.1) is 0 Å². The summed E-state index contributed by atoms with van der Waals surface area (Å²) in [6, 6.07) is 0.551. The maximum Gasteiger partial charge on any atom is 0.222 e. The third-order valence-electron chi connectivity index (χ3n) is 5.75. The number of fused-ring (bicyclic) bond motifs is 2. The molecular weight excluding hydrogens is 236 g/mol. The molecule has 1 amide bonds. The van der Waals surface area contributed by atoms with Crippen molar-refractivity contribution in [1.82, 2.24) is 4.90 Å². The molecular formula is C16H28N2O. The number of likely N-dealkylation sites (tertiary alicyclic amines) is 1. The van der Waals surface area contributed by atoms with Gasteiger partial charge < -0.3 is 10.6 Å². The van der Waals surface area contributed by atoms with Gasteiger partial charge in [0.15, 0.2) is 0 Å². The van der Waals surface area contributed by atoms with Gasteiger partial charge in [0.1, 0.15) is 0 Å². The van der Waals surface area contributed by atoms with E-state index in [1.54, 1.807) is 0 Å². The summed E-state index contributed by atoms with van der Waals surface area (Å²) in [5.74, 6) is 3.30. The van der Waals surface area contributed by atoms with Crippen LogP contribution in [0.5, 0.6) is 0 Å². The zero-order chi connectivity index (χ0) is 13.2. The molecule has 2 N–H and O–H groups in total. The zero-order valence-electron chi connectivity index (χ0n) is 12.0. The van der Waals surface area contributed by atoms with Crippen LogP contribution in [0.1, 0.15) is 57.8 Å². The fourth-order valence-corrected chi connectivity index (χ4v) is 4.82. The first kappa shape index (κ1) is 13.4. The van der Waals surface area contributed by atoms with Gasteiger partial charge in [0.25, 0.3) is 0 Å². The smallest absolute Gasteiger partial charge is 0.222 e. The first-order valence-corrected chi connectivity index (χ1v) is 8.27. The van der Waals surface area contributed by atoms with Crippen LogP contribution in [0.3, 0.4) is 0 Å². The normalized spacial score (nSPS) is 37.2. The van der Waals surface area contributed by atoms with E-state index in [-0.39, 0.29) is 0 Å². The molecule has 3 heteroatoms. The molecule has 3 nitrogen and oxygen atoms in total. The van der Waals surface area contributed by atoms with Crippen LogP contribution in [0, 0.1) is 17.8 Å². The van der Waals surface area contributed by atoms with Crippen LogP contribution < -0.4 is 5.73 Å². The van der Waals surface area contributed by atoms with E-state index in [2.05, 4.69) is 4.90 Å². The van der Waals surface area contributed by atoms with Gasteiger partial charge in [0, 0.05) is 19.0 Å². The second kappa shape index (κ2) is 5.82. The van der Waals surface area contributed by atoms with Gasteiger partial charge in [-0.3, -0.25) is 4.79 Å². The molecule has 0 spiro atoms. The van der Waals surface area contributed by atoms with Crippen molar-refractivity contribution in [2.75, 3.05) is 13.1 Å². The highest BCUT2D eigenvalue weighted by Crippen LogP contribution is 2.50. The summed E-state index contributed by atoms with van der Waals surface area (Å²) in [7, 11) is 0. The average molecular weight is 264 g/mol. The minimum absolute atomic E-state index is 0.358. The number of amides is 1.